The highest BCUT2D eigenvalue weighted by atomic mass is 16.5. The third-order valence-electron chi connectivity index (χ3n) is 3.41. The smallest absolute Gasteiger partial charge is 0.244 e. The third-order valence-corrected chi connectivity index (χ3v) is 3.41. The summed E-state index contributed by atoms with van der Waals surface area (Å²) in [6.07, 6.45) is 1.95. The molecule has 4 heteroatoms. The van der Waals surface area contributed by atoms with Gasteiger partial charge in [0.05, 0.1) is 6.61 Å². The molecule has 1 heterocycles. The van der Waals surface area contributed by atoms with E-state index in [0.717, 1.165) is 24.1 Å². The summed E-state index contributed by atoms with van der Waals surface area (Å²) in [6.45, 7) is 2.98. The van der Waals surface area contributed by atoms with Gasteiger partial charge < -0.3 is 10.1 Å². The van der Waals surface area contributed by atoms with E-state index in [1.807, 2.05) is 24.5 Å². The molecule has 0 aliphatic rings. The SMILES string of the molecule is c1ccc(CNCCOC[n+]2c[nH]c3ccccc32)cc1. The van der Waals surface area contributed by atoms with Crippen LogP contribution in [0.4, 0.5) is 0 Å². The number of para-hydroxylation sites is 2. The predicted octanol–water partition coefficient (Wildman–Crippen LogP) is 2.22. The minimum absolute atomic E-state index is 0.566. The number of H-pyrrole nitrogens is 1. The number of imidazole rings is 1. The Morgan fingerprint density at radius 2 is 1.81 bits per heavy atom. The van der Waals surface area contributed by atoms with Crippen molar-refractivity contribution in [1.82, 2.24) is 10.3 Å². The molecule has 0 unspecified atom stereocenters. The second-order valence-corrected chi connectivity index (χ2v) is 4.96. The number of benzene rings is 2. The number of nitrogens with zero attached hydrogens (tertiary/aromatic N) is 1. The molecule has 2 N–H and O–H groups in total. The van der Waals surface area contributed by atoms with E-state index >= 15 is 0 Å². The summed E-state index contributed by atoms with van der Waals surface area (Å²) >= 11 is 0. The van der Waals surface area contributed by atoms with Crippen molar-refractivity contribution in [3.8, 4) is 0 Å². The molecule has 108 valence electrons. The maximum atomic E-state index is 5.70. The van der Waals surface area contributed by atoms with Crippen molar-refractivity contribution in [3.63, 3.8) is 0 Å². The van der Waals surface area contributed by atoms with Gasteiger partial charge in [0.2, 0.25) is 6.33 Å². The van der Waals surface area contributed by atoms with E-state index in [4.69, 9.17) is 4.74 Å². The first-order chi connectivity index (χ1) is 10.4. The van der Waals surface area contributed by atoms with E-state index < -0.39 is 0 Å². The van der Waals surface area contributed by atoms with Crippen LogP contribution in [0, 0.1) is 0 Å². The minimum atomic E-state index is 0.566. The molecule has 2 aromatic carbocycles. The van der Waals surface area contributed by atoms with Gasteiger partial charge in [-0.15, -0.1) is 0 Å². The Kier molecular flexibility index (Phi) is 4.61. The fourth-order valence-corrected chi connectivity index (χ4v) is 2.31. The maximum Gasteiger partial charge on any atom is 0.244 e. The number of hydrogen-bond donors (Lipinski definition) is 2. The fourth-order valence-electron chi connectivity index (χ4n) is 2.31. The standard InChI is InChI=1S/C17H19N3O/c1-2-6-15(7-3-1)12-18-10-11-21-14-20-13-19-16-8-4-5-9-17(16)20/h1-9,13,18H,10-12,14H2/p+1. The zero-order valence-electron chi connectivity index (χ0n) is 12.0. The van der Waals surface area contributed by atoms with Gasteiger partial charge in [-0.3, -0.25) is 0 Å². The molecule has 0 spiro atoms. The van der Waals surface area contributed by atoms with Crippen LogP contribution >= 0.6 is 0 Å². The molecule has 3 rings (SSSR count). The monoisotopic (exact) mass is 282 g/mol. The summed E-state index contributed by atoms with van der Waals surface area (Å²) < 4.78 is 7.78. The van der Waals surface area contributed by atoms with Crippen molar-refractivity contribution in [1.29, 1.82) is 0 Å². The first-order valence-corrected chi connectivity index (χ1v) is 7.21. The highest BCUT2D eigenvalue weighted by Gasteiger charge is 2.07. The van der Waals surface area contributed by atoms with E-state index in [0.29, 0.717) is 13.3 Å². The minimum Gasteiger partial charge on any atom is -0.340 e. The van der Waals surface area contributed by atoms with E-state index in [2.05, 4.69) is 51.3 Å². The molecule has 0 atom stereocenters. The van der Waals surface area contributed by atoms with Crippen molar-refractivity contribution in [2.45, 2.75) is 13.3 Å². The van der Waals surface area contributed by atoms with Crippen molar-refractivity contribution in [3.05, 3.63) is 66.5 Å². The van der Waals surface area contributed by atoms with Gasteiger partial charge in [-0.25, -0.2) is 9.55 Å². The zero-order chi connectivity index (χ0) is 14.3. The molecule has 0 saturated heterocycles. The summed E-state index contributed by atoms with van der Waals surface area (Å²) in [5.74, 6) is 0. The van der Waals surface area contributed by atoms with Crippen LogP contribution in [0.1, 0.15) is 5.56 Å². The Bertz CT molecular complexity index is 679. The summed E-state index contributed by atoms with van der Waals surface area (Å²) in [5.41, 5.74) is 3.58. The molecule has 0 fully saturated rings. The number of ether oxygens (including phenoxy) is 1. The molecule has 0 saturated carbocycles. The van der Waals surface area contributed by atoms with Crippen LogP contribution in [0.2, 0.25) is 0 Å². The quantitative estimate of drug-likeness (QED) is 0.515. The molecule has 21 heavy (non-hydrogen) atoms. The van der Waals surface area contributed by atoms with Crippen LogP contribution in [-0.2, 0) is 18.0 Å². The Balaban J connectivity index is 1.39. The molecule has 1 aromatic heterocycles. The normalized spacial score (nSPS) is 11.0. The van der Waals surface area contributed by atoms with E-state index in [1.54, 1.807) is 0 Å². The maximum absolute atomic E-state index is 5.70. The molecule has 0 bridgehead atoms. The average Bonchev–Trinajstić information content (AvgIpc) is 2.95. The number of fused-ring (bicyclic) bond motifs is 1. The molecule has 0 amide bonds. The number of rotatable bonds is 7. The molecule has 4 nitrogen and oxygen atoms in total. The van der Waals surface area contributed by atoms with Gasteiger partial charge >= 0.3 is 0 Å². The van der Waals surface area contributed by atoms with Crippen LogP contribution < -0.4 is 9.88 Å². The van der Waals surface area contributed by atoms with E-state index in [-0.39, 0.29) is 0 Å². The molecule has 0 radical (unpaired) electrons. The molecule has 0 aliphatic carbocycles. The molecule has 0 aliphatic heterocycles. The van der Waals surface area contributed by atoms with Gasteiger partial charge in [0.1, 0.15) is 0 Å². The Morgan fingerprint density at radius 1 is 1.00 bits per heavy atom. The number of aromatic amines is 1. The highest BCUT2D eigenvalue weighted by Crippen LogP contribution is 2.05. The largest absolute Gasteiger partial charge is 0.340 e. The van der Waals surface area contributed by atoms with Crippen LogP contribution in [-0.4, -0.2) is 18.1 Å². The van der Waals surface area contributed by atoms with Gasteiger partial charge in [0, 0.05) is 13.1 Å². The van der Waals surface area contributed by atoms with Gasteiger partial charge in [0.15, 0.2) is 17.8 Å². The first-order valence-electron chi connectivity index (χ1n) is 7.21. The lowest BCUT2D eigenvalue weighted by molar-refractivity contribution is -0.709. The summed E-state index contributed by atoms with van der Waals surface area (Å²) in [5, 5.41) is 3.38. The van der Waals surface area contributed by atoms with Crippen LogP contribution in [0.25, 0.3) is 11.0 Å². The van der Waals surface area contributed by atoms with Crippen LogP contribution in [0.5, 0.6) is 0 Å². The van der Waals surface area contributed by atoms with Crippen molar-refractivity contribution < 1.29 is 9.30 Å². The number of hydrogen-bond acceptors (Lipinski definition) is 2. The number of nitrogens with one attached hydrogen (secondary N) is 2. The van der Waals surface area contributed by atoms with Gasteiger partial charge in [-0.2, -0.15) is 0 Å². The fraction of sp³-hybridized carbons (Fsp3) is 0.235. The van der Waals surface area contributed by atoms with Crippen molar-refractivity contribution >= 4 is 11.0 Å². The van der Waals surface area contributed by atoms with Crippen molar-refractivity contribution in [2.75, 3.05) is 13.2 Å². The third kappa shape index (κ3) is 3.68. The predicted molar refractivity (Wildman–Crippen MR) is 82.6 cm³/mol. The highest BCUT2D eigenvalue weighted by molar-refractivity contribution is 5.70. The van der Waals surface area contributed by atoms with Crippen LogP contribution in [0.3, 0.4) is 0 Å². The topological polar surface area (TPSA) is 40.9 Å². The van der Waals surface area contributed by atoms with E-state index in [9.17, 15) is 0 Å². The summed E-state index contributed by atoms with van der Waals surface area (Å²) in [7, 11) is 0. The van der Waals surface area contributed by atoms with Crippen LogP contribution in [0.15, 0.2) is 60.9 Å². The Morgan fingerprint density at radius 3 is 2.71 bits per heavy atom. The van der Waals surface area contributed by atoms with Crippen molar-refractivity contribution in [2.24, 2.45) is 0 Å². The Labute approximate surface area is 124 Å². The molecular weight excluding hydrogens is 262 g/mol. The first kappa shape index (κ1) is 13.8. The van der Waals surface area contributed by atoms with Gasteiger partial charge in [-0.1, -0.05) is 42.5 Å². The summed E-state index contributed by atoms with van der Waals surface area (Å²) in [4.78, 5) is 3.23. The lowest BCUT2D eigenvalue weighted by atomic mass is 10.2. The second kappa shape index (κ2) is 7.02. The molecular formula is C17H20N3O+. The zero-order valence-corrected chi connectivity index (χ0v) is 12.0. The second-order valence-electron chi connectivity index (χ2n) is 4.96. The number of aromatic nitrogens is 2. The van der Waals surface area contributed by atoms with E-state index in [1.165, 1.54) is 5.56 Å². The lowest BCUT2D eigenvalue weighted by Gasteiger charge is -2.05. The average molecular weight is 282 g/mol. The summed E-state index contributed by atoms with van der Waals surface area (Å²) in [6, 6.07) is 18.6. The van der Waals surface area contributed by atoms with Gasteiger partial charge in [0.25, 0.3) is 0 Å². The molecule has 3 aromatic rings. The lowest BCUT2D eigenvalue weighted by Crippen LogP contribution is -2.34. The van der Waals surface area contributed by atoms with Gasteiger partial charge in [-0.05, 0) is 17.7 Å². The Hall–Kier alpha value is -2.17.